The third-order valence-corrected chi connectivity index (χ3v) is 3.85. The third kappa shape index (κ3) is 4.35. The molecular weight excluding hydrogens is 368 g/mol. The Bertz CT molecular complexity index is 887. The lowest BCUT2D eigenvalue weighted by Gasteiger charge is -2.31. The number of carbonyl (C=O) groups excluding carboxylic acids is 1. The van der Waals surface area contributed by atoms with Crippen LogP contribution in [0.4, 0.5) is 17.6 Å². The topological polar surface area (TPSA) is 96.3 Å². The zero-order valence-corrected chi connectivity index (χ0v) is 13.9. The van der Waals surface area contributed by atoms with Crippen LogP contribution in [0.3, 0.4) is 0 Å². The van der Waals surface area contributed by atoms with Gasteiger partial charge in [0.1, 0.15) is 11.6 Å². The van der Waals surface area contributed by atoms with Crippen LogP contribution in [0.5, 0.6) is 5.75 Å². The number of primary amides is 1. The molecule has 0 saturated carbocycles. The first-order chi connectivity index (χ1) is 12.5. The minimum atomic E-state index is -4.85. The Kier molecular flexibility index (Phi) is 5.42. The highest BCUT2D eigenvalue weighted by Crippen LogP contribution is 2.37. The fraction of sp³-hybridized carbons (Fsp3) is 0.222. The molecule has 0 aliphatic rings. The highest BCUT2D eigenvalue weighted by atomic mass is 19.4. The van der Waals surface area contributed by atoms with E-state index in [9.17, 15) is 27.5 Å². The van der Waals surface area contributed by atoms with Gasteiger partial charge >= 0.3 is 6.18 Å². The molecule has 2 rings (SSSR count). The normalized spacial score (nSPS) is 14.7. The zero-order chi connectivity index (χ0) is 20.4. The van der Waals surface area contributed by atoms with Crippen LogP contribution in [0, 0.1) is 17.1 Å². The van der Waals surface area contributed by atoms with Gasteiger partial charge < -0.3 is 15.6 Å². The summed E-state index contributed by atoms with van der Waals surface area (Å²) in [6, 6.07) is 8.45. The van der Waals surface area contributed by atoms with Gasteiger partial charge in [0.25, 0.3) is 5.91 Å². The van der Waals surface area contributed by atoms with Gasteiger partial charge in [-0.05, 0) is 48.9 Å². The smallest absolute Gasteiger partial charge is 0.417 e. The Morgan fingerprint density at radius 2 is 1.81 bits per heavy atom. The van der Waals surface area contributed by atoms with E-state index in [0.717, 1.165) is 31.2 Å². The monoisotopic (exact) mass is 382 g/mol. The van der Waals surface area contributed by atoms with E-state index in [1.807, 2.05) is 0 Å². The second-order valence-electron chi connectivity index (χ2n) is 5.88. The van der Waals surface area contributed by atoms with Crippen LogP contribution >= 0.6 is 0 Å². The SMILES string of the molecule is C[C@@](O)(C(N)=O)[C@@H](Oc1ccc(F)cc1)c1ccc(C#N)c(C(F)(F)F)c1. The average Bonchev–Trinajstić information content (AvgIpc) is 2.59. The van der Waals surface area contributed by atoms with Crippen molar-refractivity contribution in [1.82, 2.24) is 0 Å². The lowest BCUT2D eigenvalue weighted by molar-refractivity contribution is -0.145. The molecule has 0 bridgehead atoms. The lowest BCUT2D eigenvalue weighted by Crippen LogP contribution is -2.48. The highest BCUT2D eigenvalue weighted by Gasteiger charge is 2.42. The third-order valence-electron chi connectivity index (χ3n) is 3.85. The molecule has 1 amide bonds. The molecule has 0 aromatic heterocycles. The maximum Gasteiger partial charge on any atom is 0.417 e. The van der Waals surface area contributed by atoms with Crippen molar-refractivity contribution in [2.45, 2.75) is 24.8 Å². The summed E-state index contributed by atoms with van der Waals surface area (Å²) in [5.41, 5.74) is 0.636. The molecule has 2 aromatic rings. The number of carbonyl (C=O) groups is 1. The molecule has 0 radical (unpaired) electrons. The Labute approximate surface area is 151 Å². The second-order valence-corrected chi connectivity index (χ2v) is 5.88. The molecule has 142 valence electrons. The molecule has 0 fully saturated rings. The number of rotatable bonds is 5. The van der Waals surface area contributed by atoms with E-state index in [1.54, 1.807) is 0 Å². The molecule has 5 nitrogen and oxygen atoms in total. The predicted octanol–water partition coefficient (Wildman–Crippen LogP) is 3.07. The van der Waals surface area contributed by atoms with Crippen molar-refractivity contribution >= 4 is 5.91 Å². The number of nitriles is 1. The quantitative estimate of drug-likeness (QED) is 0.777. The number of amides is 1. The van der Waals surface area contributed by atoms with Crippen LogP contribution in [0.25, 0.3) is 0 Å². The Balaban J connectivity index is 2.58. The van der Waals surface area contributed by atoms with Crippen LogP contribution in [0.1, 0.15) is 29.7 Å². The average molecular weight is 382 g/mol. The van der Waals surface area contributed by atoms with E-state index in [-0.39, 0.29) is 11.3 Å². The molecule has 3 N–H and O–H groups in total. The van der Waals surface area contributed by atoms with E-state index in [1.165, 1.54) is 18.2 Å². The maximum atomic E-state index is 13.2. The molecule has 0 saturated heterocycles. The molecule has 0 aliphatic heterocycles. The molecular formula is C18H14F4N2O3. The molecule has 9 heteroatoms. The van der Waals surface area contributed by atoms with Crippen molar-refractivity contribution in [2.75, 3.05) is 0 Å². The summed E-state index contributed by atoms with van der Waals surface area (Å²) in [7, 11) is 0. The van der Waals surface area contributed by atoms with Crippen LogP contribution in [0.15, 0.2) is 42.5 Å². The first kappa shape index (κ1) is 20.2. The maximum absolute atomic E-state index is 13.2. The fourth-order valence-corrected chi connectivity index (χ4v) is 2.34. The van der Waals surface area contributed by atoms with Crippen molar-refractivity contribution in [3.8, 4) is 11.8 Å². The summed E-state index contributed by atoms with van der Waals surface area (Å²) in [6.45, 7) is 0.981. The Hall–Kier alpha value is -3.12. The molecule has 0 aliphatic carbocycles. The van der Waals surface area contributed by atoms with Gasteiger partial charge in [0.15, 0.2) is 11.7 Å². The number of hydrogen-bond acceptors (Lipinski definition) is 4. The van der Waals surface area contributed by atoms with Gasteiger partial charge in [0.2, 0.25) is 0 Å². The number of ether oxygens (including phenoxy) is 1. The summed E-state index contributed by atoms with van der Waals surface area (Å²) in [6.07, 6.45) is -6.49. The van der Waals surface area contributed by atoms with Crippen molar-refractivity contribution in [1.29, 1.82) is 5.26 Å². The second kappa shape index (κ2) is 7.25. The number of alkyl halides is 3. The number of nitrogens with two attached hydrogens (primary N) is 1. The molecule has 0 spiro atoms. The first-order valence-electron chi connectivity index (χ1n) is 7.52. The fourth-order valence-electron chi connectivity index (χ4n) is 2.34. The molecule has 2 aromatic carbocycles. The summed E-state index contributed by atoms with van der Waals surface area (Å²) in [5, 5.41) is 19.3. The number of aliphatic hydroxyl groups is 1. The van der Waals surface area contributed by atoms with E-state index in [2.05, 4.69) is 0 Å². The van der Waals surface area contributed by atoms with Gasteiger partial charge in [0, 0.05) is 0 Å². The Morgan fingerprint density at radius 3 is 2.30 bits per heavy atom. The summed E-state index contributed by atoms with van der Waals surface area (Å²) in [5.74, 6) is -1.84. The van der Waals surface area contributed by atoms with Crippen molar-refractivity contribution < 1.29 is 32.2 Å². The first-order valence-corrected chi connectivity index (χ1v) is 7.52. The van der Waals surface area contributed by atoms with Crippen LogP contribution < -0.4 is 10.5 Å². The van der Waals surface area contributed by atoms with E-state index >= 15 is 0 Å². The van der Waals surface area contributed by atoms with Gasteiger partial charge in [-0.2, -0.15) is 18.4 Å². The predicted molar refractivity (Wildman–Crippen MR) is 85.7 cm³/mol. The van der Waals surface area contributed by atoms with Crippen LogP contribution in [-0.4, -0.2) is 16.6 Å². The van der Waals surface area contributed by atoms with Gasteiger partial charge in [-0.25, -0.2) is 4.39 Å². The zero-order valence-electron chi connectivity index (χ0n) is 13.9. The molecule has 27 heavy (non-hydrogen) atoms. The number of benzene rings is 2. The van der Waals surface area contributed by atoms with Crippen molar-refractivity contribution in [3.05, 3.63) is 65.0 Å². The minimum absolute atomic E-state index is 0.0131. The standard InChI is InChI=1S/C18H14F4N2O3/c1-17(26,16(24)25)15(27-13-6-4-12(19)5-7-13)10-2-3-11(9-23)14(8-10)18(20,21)22/h2-8,15,26H,1H3,(H2,24,25)/t15-,17-/m0/s1. The van der Waals surface area contributed by atoms with Gasteiger partial charge in [0.05, 0.1) is 17.2 Å². The number of halogens is 4. The van der Waals surface area contributed by atoms with E-state index in [0.29, 0.717) is 6.07 Å². The largest absolute Gasteiger partial charge is 0.482 e. The van der Waals surface area contributed by atoms with Crippen LogP contribution in [-0.2, 0) is 11.0 Å². The van der Waals surface area contributed by atoms with Gasteiger partial charge in [-0.3, -0.25) is 4.79 Å². The lowest BCUT2D eigenvalue weighted by atomic mass is 9.90. The summed E-state index contributed by atoms with van der Waals surface area (Å²) in [4.78, 5) is 11.6. The number of nitrogens with zero attached hydrogens (tertiary/aromatic N) is 1. The van der Waals surface area contributed by atoms with Crippen LogP contribution in [0.2, 0.25) is 0 Å². The van der Waals surface area contributed by atoms with E-state index in [4.69, 9.17) is 15.7 Å². The highest BCUT2D eigenvalue weighted by molar-refractivity contribution is 5.83. The minimum Gasteiger partial charge on any atom is -0.482 e. The van der Waals surface area contributed by atoms with Crippen molar-refractivity contribution in [3.63, 3.8) is 0 Å². The van der Waals surface area contributed by atoms with Gasteiger partial charge in [-0.15, -0.1) is 0 Å². The number of hydrogen-bond donors (Lipinski definition) is 2. The van der Waals surface area contributed by atoms with Crippen molar-refractivity contribution in [2.24, 2.45) is 5.73 Å². The molecule has 0 heterocycles. The molecule has 2 atom stereocenters. The summed E-state index contributed by atoms with van der Waals surface area (Å²) < 4.78 is 58.1. The molecule has 0 unspecified atom stereocenters. The Morgan fingerprint density at radius 1 is 1.22 bits per heavy atom. The van der Waals surface area contributed by atoms with Gasteiger partial charge in [-0.1, -0.05) is 6.07 Å². The van der Waals surface area contributed by atoms with E-state index < -0.39 is 40.7 Å². The summed E-state index contributed by atoms with van der Waals surface area (Å²) >= 11 is 0.